The maximum atomic E-state index is 13.7. The molecule has 0 saturated heterocycles. The number of carbonyl (C=O) groups excluding carboxylic acids is 1. The van der Waals surface area contributed by atoms with Crippen LogP contribution in [0.2, 0.25) is 0 Å². The number of aromatic nitrogens is 1. The third-order valence-electron chi connectivity index (χ3n) is 3.10. The first kappa shape index (κ1) is 15.3. The van der Waals surface area contributed by atoms with E-state index in [1.807, 2.05) is 19.0 Å². The van der Waals surface area contributed by atoms with Gasteiger partial charge in [0.05, 0.1) is 23.7 Å². The molecule has 0 aliphatic carbocycles. The van der Waals surface area contributed by atoms with Gasteiger partial charge in [-0.3, -0.25) is 9.78 Å². The van der Waals surface area contributed by atoms with Crippen molar-refractivity contribution < 1.29 is 14.3 Å². The molecule has 1 atom stereocenters. The number of halogens is 1. The van der Waals surface area contributed by atoms with Gasteiger partial charge >= 0.3 is 0 Å². The fraction of sp³-hybridized carbons (Fsp3) is 0.333. The minimum absolute atomic E-state index is 0.170. The van der Waals surface area contributed by atoms with E-state index in [0.717, 1.165) is 0 Å². The van der Waals surface area contributed by atoms with Crippen LogP contribution >= 0.6 is 0 Å². The van der Waals surface area contributed by atoms with Crippen LogP contribution in [0, 0.1) is 5.82 Å². The topological polar surface area (TPSA) is 65.5 Å². The Hall–Kier alpha value is -2.05. The first-order valence-corrected chi connectivity index (χ1v) is 6.62. The molecule has 2 N–H and O–H groups in total. The van der Waals surface area contributed by atoms with Crippen LogP contribution in [0.3, 0.4) is 0 Å². The number of aliphatic hydroxyl groups excluding tert-OH is 1. The van der Waals surface area contributed by atoms with Gasteiger partial charge in [-0.05, 0) is 38.4 Å². The number of aliphatic hydroxyl groups is 1. The molecule has 1 aromatic heterocycles. The summed E-state index contributed by atoms with van der Waals surface area (Å²) in [6.07, 6.45) is 1.52. The molecule has 21 heavy (non-hydrogen) atoms. The van der Waals surface area contributed by atoms with E-state index in [1.165, 1.54) is 18.3 Å². The summed E-state index contributed by atoms with van der Waals surface area (Å²) < 4.78 is 13.7. The molecule has 112 valence electrons. The van der Waals surface area contributed by atoms with E-state index in [-0.39, 0.29) is 12.5 Å². The largest absolute Gasteiger partial charge is 0.394 e. The fourth-order valence-corrected chi connectivity index (χ4v) is 2.17. The molecule has 0 bridgehead atoms. The Labute approximate surface area is 122 Å². The zero-order valence-electron chi connectivity index (χ0n) is 12.0. The lowest BCUT2D eigenvalue weighted by Crippen LogP contribution is -2.44. The Morgan fingerprint density at radius 3 is 2.86 bits per heavy atom. The van der Waals surface area contributed by atoms with Crippen molar-refractivity contribution in [2.75, 3.05) is 27.2 Å². The van der Waals surface area contributed by atoms with Crippen molar-refractivity contribution in [3.63, 3.8) is 0 Å². The molecule has 0 radical (unpaired) electrons. The summed E-state index contributed by atoms with van der Waals surface area (Å²) in [5, 5.41) is 12.3. The monoisotopic (exact) mass is 291 g/mol. The highest BCUT2D eigenvalue weighted by atomic mass is 19.1. The number of carbonyl (C=O) groups is 1. The van der Waals surface area contributed by atoms with E-state index < -0.39 is 11.9 Å². The lowest BCUT2D eigenvalue weighted by molar-refractivity contribution is 0.0906. The van der Waals surface area contributed by atoms with Crippen LogP contribution in [-0.4, -0.2) is 54.2 Å². The highest BCUT2D eigenvalue weighted by Gasteiger charge is 2.17. The molecule has 2 aromatic rings. The van der Waals surface area contributed by atoms with Gasteiger partial charge in [0, 0.05) is 18.1 Å². The van der Waals surface area contributed by atoms with Crippen molar-refractivity contribution in [2.24, 2.45) is 0 Å². The molecule has 0 saturated carbocycles. The number of nitrogens with zero attached hydrogens (tertiary/aromatic N) is 2. The van der Waals surface area contributed by atoms with Gasteiger partial charge in [0.2, 0.25) is 0 Å². The second-order valence-corrected chi connectivity index (χ2v) is 5.11. The molecule has 0 aliphatic heterocycles. The van der Waals surface area contributed by atoms with Crippen LogP contribution in [0.15, 0.2) is 30.5 Å². The van der Waals surface area contributed by atoms with Crippen LogP contribution in [0.4, 0.5) is 4.39 Å². The Kier molecular flexibility index (Phi) is 4.82. The van der Waals surface area contributed by atoms with Crippen LogP contribution in [0.1, 0.15) is 10.4 Å². The maximum absolute atomic E-state index is 13.7. The standard InChI is InChI=1S/C15H18FN3O2/c1-19(2)8-10(9-20)18-15(21)12-5-6-13(16)11-4-3-7-17-14(11)12/h3-7,10,20H,8-9H2,1-2H3,(H,18,21). The third kappa shape index (κ3) is 3.53. The quantitative estimate of drug-likeness (QED) is 0.863. The predicted octanol–water partition coefficient (Wildman–Crippen LogP) is 1.03. The van der Waals surface area contributed by atoms with Crippen molar-refractivity contribution in [2.45, 2.75) is 6.04 Å². The van der Waals surface area contributed by atoms with Crippen LogP contribution in [0.25, 0.3) is 10.9 Å². The maximum Gasteiger partial charge on any atom is 0.253 e. The molecule has 0 spiro atoms. The molecule has 2 rings (SSSR count). The zero-order chi connectivity index (χ0) is 15.4. The number of rotatable bonds is 5. The summed E-state index contributed by atoms with van der Waals surface area (Å²) in [7, 11) is 3.70. The lowest BCUT2D eigenvalue weighted by atomic mass is 10.1. The van der Waals surface area contributed by atoms with Gasteiger partial charge in [-0.2, -0.15) is 0 Å². The third-order valence-corrected chi connectivity index (χ3v) is 3.10. The van der Waals surface area contributed by atoms with Gasteiger partial charge in [0.25, 0.3) is 5.91 Å². The van der Waals surface area contributed by atoms with Crippen molar-refractivity contribution in [1.82, 2.24) is 15.2 Å². The van der Waals surface area contributed by atoms with Crippen molar-refractivity contribution >= 4 is 16.8 Å². The minimum atomic E-state index is -0.415. The van der Waals surface area contributed by atoms with Crippen LogP contribution in [0.5, 0.6) is 0 Å². The van der Waals surface area contributed by atoms with E-state index in [1.54, 1.807) is 12.1 Å². The number of hydrogen-bond donors (Lipinski definition) is 2. The Bertz CT molecular complexity index is 646. The number of nitrogens with one attached hydrogen (secondary N) is 1. The number of hydrogen-bond acceptors (Lipinski definition) is 4. The van der Waals surface area contributed by atoms with Crippen LogP contribution in [-0.2, 0) is 0 Å². The number of benzene rings is 1. The summed E-state index contributed by atoms with van der Waals surface area (Å²) in [6.45, 7) is 0.339. The molecule has 1 amide bonds. The van der Waals surface area contributed by atoms with Crippen molar-refractivity contribution in [3.8, 4) is 0 Å². The lowest BCUT2D eigenvalue weighted by Gasteiger charge is -2.20. The molecule has 0 aliphatic rings. The normalized spacial score (nSPS) is 12.6. The van der Waals surface area contributed by atoms with Crippen molar-refractivity contribution in [1.29, 1.82) is 0 Å². The molecule has 1 unspecified atom stereocenters. The van der Waals surface area contributed by atoms with Crippen LogP contribution < -0.4 is 5.32 Å². The van der Waals surface area contributed by atoms with Gasteiger partial charge in [0.15, 0.2) is 0 Å². The second kappa shape index (κ2) is 6.60. The Morgan fingerprint density at radius 2 is 2.19 bits per heavy atom. The van der Waals surface area contributed by atoms with E-state index in [9.17, 15) is 14.3 Å². The summed E-state index contributed by atoms with van der Waals surface area (Å²) in [6, 6.07) is 5.47. The van der Waals surface area contributed by atoms with Crippen molar-refractivity contribution in [3.05, 3.63) is 41.8 Å². The number of likely N-dealkylation sites (N-methyl/N-ethyl adjacent to an activating group) is 1. The van der Waals surface area contributed by atoms with Gasteiger partial charge in [-0.25, -0.2) is 4.39 Å². The predicted molar refractivity (Wildman–Crippen MR) is 78.6 cm³/mol. The first-order valence-electron chi connectivity index (χ1n) is 6.62. The summed E-state index contributed by atoms with van der Waals surface area (Å²) in [4.78, 5) is 18.3. The van der Waals surface area contributed by atoms with Gasteiger partial charge in [-0.1, -0.05) is 0 Å². The highest BCUT2D eigenvalue weighted by molar-refractivity contribution is 6.05. The Morgan fingerprint density at radius 1 is 1.43 bits per heavy atom. The smallest absolute Gasteiger partial charge is 0.253 e. The molecule has 5 nitrogen and oxygen atoms in total. The Balaban J connectivity index is 2.29. The summed E-state index contributed by atoms with van der Waals surface area (Å²) in [5.74, 6) is -0.791. The average Bonchev–Trinajstić information content (AvgIpc) is 2.46. The van der Waals surface area contributed by atoms with E-state index in [4.69, 9.17) is 0 Å². The first-order chi connectivity index (χ1) is 10.0. The van der Waals surface area contributed by atoms with Gasteiger partial charge in [0.1, 0.15) is 5.82 Å². The highest BCUT2D eigenvalue weighted by Crippen LogP contribution is 2.19. The number of pyridine rings is 1. The fourth-order valence-electron chi connectivity index (χ4n) is 2.17. The molecular weight excluding hydrogens is 273 g/mol. The molecule has 0 fully saturated rings. The number of fused-ring (bicyclic) bond motifs is 1. The second-order valence-electron chi connectivity index (χ2n) is 5.11. The zero-order valence-corrected chi connectivity index (χ0v) is 12.0. The molecular formula is C15H18FN3O2. The SMILES string of the molecule is CN(C)CC(CO)NC(=O)c1ccc(F)c2cccnc12. The molecule has 1 aromatic carbocycles. The van der Waals surface area contributed by atoms with E-state index >= 15 is 0 Å². The van der Waals surface area contributed by atoms with E-state index in [0.29, 0.717) is 23.0 Å². The molecule has 1 heterocycles. The summed E-state index contributed by atoms with van der Waals surface area (Å²) in [5.41, 5.74) is 0.612. The molecule has 6 heteroatoms. The summed E-state index contributed by atoms with van der Waals surface area (Å²) >= 11 is 0. The van der Waals surface area contributed by atoms with E-state index in [2.05, 4.69) is 10.3 Å². The number of amides is 1. The van der Waals surface area contributed by atoms with Gasteiger partial charge < -0.3 is 15.3 Å². The average molecular weight is 291 g/mol. The minimum Gasteiger partial charge on any atom is -0.394 e. The van der Waals surface area contributed by atoms with Gasteiger partial charge in [-0.15, -0.1) is 0 Å².